The molecule has 1 aromatic carbocycles. The van der Waals surface area contributed by atoms with Crippen LogP contribution in [0.4, 0.5) is 0 Å². The highest BCUT2D eigenvalue weighted by atomic mass is 35.5. The van der Waals surface area contributed by atoms with Crippen molar-refractivity contribution >= 4 is 17.6 Å². The molecule has 4 nitrogen and oxygen atoms in total. The van der Waals surface area contributed by atoms with Crippen molar-refractivity contribution in [2.75, 3.05) is 19.7 Å². The number of ether oxygens (including phenoxy) is 1. The Labute approximate surface area is 130 Å². The van der Waals surface area contributed by atoms with E-state index in [2.05, 4.69) is 16.4 Å². The summed E-state index contributed by atoms with van der Waals surface area (Å²) in [5.74, 6) is 0.504. The average molecular weight is 308 g/mol. The number of nitrogens with zero attached hydrogens (tertiary/aromatic N) is 1. The minimum atomic E-state index is 0.0918. The van der Waals surface area contributed by atoms with Crippen molar-refractivity contribution in [1.82, 2.24) is 5.32 Å². The monoisotopic (exact) mass is 307 g/mol. The number of hydrogen-bond acceptors (Lipinski definition) is 2. The van der Waals surface area contributed by atoms with E-state index in [9.17, 15) is 0 Å². The van der Waals surface area contributed by atoms with Gasteiger partial charge in [0.05, 0.1) is 12.6 Å². The zero-order chi connectivity index (χ0) is 14.7. The number of nitrogens with two attached hydrogens (primary N) is 1. The Morgan fingerprint density at radius 2 is 2.24 bits per heavy atom. The van der Waals surface area contributed by atoms with Crippen molar-refractivity contribution in [3.8, 4) is 0 Å². The van der Waals surface area contributed by atoms with Crippen LogP contribution in [-0.2, 0) is 10.2 Å². The topological polar surface area (TPSA) is 59.6 Å². The van der Waals surface area contributed by atoms with Crippen LogP contribution in [0.2, 0.25) is 5.02 Å². The molecule has 1 aliphatic carbocycles. The van der Waals surface area contributed by atoms with Crippen LogP contribution in [0.3, 0.4) is 0 Å². The summed E-state index contributed by atoms with van der Waals surface area (Å²) < 4.78 is 5.56. The predicted molar refractivity (Wildman–Crippen MR) is 85.8 cm³/mol. The SMILES string of the molecule is NC(=NCC1(c2ccccc2Cl)CC1)NCC1CCCO1. The molecule has 1 heterocycles. The molecule has 0 radical (unpaired) electrons. The molecule has 0 bridgehead atoms. The summed E-state index contributed by atoms with van der Waals surface area (Å²) in [4.78, 5) is 4.51. The maximum Gasteiger partial charge on any atom is 0.188 e. The molecule has 1 aliphatic heterocycles. The maximum absolute atomic E-state index is 6.30. The first-order valence-corrected chi connectivity index (χ1v) is 7.98. The highest BCUT2D eigenvalue weighted by molar-refractivity contribution is 6.31. The molecular weight excluding hydrogens is 286 g/mol. The second-order valence-corrected chi connectivity index (χ2v) is 6.38. The van der Waals surface area contributed by atoms with Crippen molar-refractivity contribution in [2.45, 2.75) is 37.2 Å². The molecule has 1 unspecified atom stereocenters. The fourth-order valence-corrected chi connectivity index (χ4v) is 3.21. The van der Waals surface area contributed by atoms with E-state index in [1.165, 1.54) is 5.56 Å². The van der Waals surface area contributed by atoms with Crippen LogP contribution >= 0.6 is 11.6 Å². The summed E-state index contributed by atoms with van der Waals surface area (Å²) in [5, 5.41) is 3.99. The van der Waals surface area contributed by atoms with Gasteiger partial charge in [0, 0.05) is 23.6 Å². The standard InChI is InChI=1S/C16H22ClN3O/c17-14-6-2-1-5-13(14)16(7-8-16)11-20-15(18)19-10-12-4-3-9-21-12/h1-2,5-6,12H,3-4,7-11H2,(H3,18,19,20). The van der Waals surface area contributed by atoms with Crippen molar-refractivity contribution in [2.24, 2.45) is 10.7 Å². The fraction of sp³-hybridized carbons (Fsp3) is 0.562. The van der Waals surface area contributed by atoms with Crippen LogP contribution in [0.1, 0.15) is 31.2 Å². The molecule has 1 aromatic rings. The molecular formula is C16H22ClN3O. The third-order valence-electron chi connectivity index (χ3n) is 4.39. The number of rotatable bonds is 5. The van der Waals surface area contributed by atoms with Gasteiger partial charge in [-0.15, -0.1) is 0 Å². The summed E-state index contributed by atoms with van der Waals surface area (Å²) in [6.45, 7) is 2.30. The van der Waals surface area contributed by atoms with Crippen molar-refractivity contribution in [3.63, 3.8) is 0 Å². The third kappa shape index (κ3) is 3.50. The molecule has 1 atom stereocenters. The van der Waals surface area contributed by atoms with Crippen LogP contribution in [-0.4, -0.2) is 31.8 Å². The van der Waals surface area contributed by atoms with Gasteiger partial charge in [0.25, 0.3) is 0 Å². The largest absolute Gasteiger partial charge is 0.376 e. The van der Waals surface area contributed by atoms with Crippen molar-refractivity contribution in [1.29, 1.82) is 0 Å². The normalized spacial score (nSPS) is 24.0. The van der Waals surface area contributed by atoms with Gasteiger partial charge >= 0.3 is 0 Å². The van der Waals surface area contributed by atoms with Crippen LogP contribution in [0, 0.1) is 0 Å². The van der Waals surface area contributed by atoms with Crippen LogP contribution in [0.25, 0.3) is 0 Å². The smallest absolute Gasteiger partial charge is 0.188 e. The lowest BCUT2D eigenvalue weighted by Gasteiger charge is -2.16. The predicted octanol–water partition coefficient (Wildman–Crippen LogP) is 2.45. The van der Waals surface area contributed by atoms with Gasteiger partial charge in [0.15, 0.2) is 5.96 Å². The fourth-order valence-electron chi connectivity index (χ4n) is 2.87. The highest BCUT2D eigenvalue weighted by Crippen LogP contribution is 2.50. The Kier molecular flexibility index (Phi) is 4.36. The lowest BCUT2D eigenvalue weighted by atomic mass is 9.96. The van der Waals surface area contributed by atoms with E-state index >= 15 is 0 Å². The van der Waals surface area contributed by atoms with E-state index in [1.54, 1.807) is 0 Å². The minimum absolute atomic E-state index is 0.0918. The van der Waals surface area contributed by atoms with E-state index in [4.69, 9.17) is 22.1 Å². The quantitative estimate of drug-likeness (QED) is 0.649. The summed E-state index contributed by atoms with van der Waals surface area (Å²) >= 11 is 6.30. The first-order chi connectivity index (χ1) is 10.2. The highest BCUT2D eigenvalue weighted by Gasteiger charge is 2.45. The van der Waals surface area contributed by atoms with E-state index < -0.39 is 0 Å². The Hall–Kier alpha value is -1.26. The zero-order valence-corrected chi connectivity index (χ0v) is 12.9. The van der Waals surface area contributed by atoms with E-state index in [-0.39, 0.29) is 11.5 Å². The first kappa shape index (κ1) is 14.7. The van der Waals surface area contributed by atoms with Gasteiger partial charge in [0.1, 0.15) is 0 Å². The zero-order valence-electron chi connectivity index (χ0n) is 12.1. The Morgan fingerprint density at radius 3 is 2.90 bits per heavy atom. The van der Waals surface area contributed by atoms with Crippen molar-refractivity contribution in [3.05, 3.63) is 34.9 Å². The van der Waals surface area contributed by atoms with E-state index in [0.717, 1.165) is 43.9 Å². The number of halogens is 1. The molecule has 0 aromatic heterocycles. The molecule has 2 aliphatic rings. The number of guanidine groups is 1. The molecule has 2 fully saturated rings. The Bertz CT molecular complexity index is 522. The molecule has 0 spiro atoms. The summed E-state index contributed by atoms with van der Waals surface area (Å²) in [5.41, 5.74) is 7.24. The molecule has 5 heteroatoms. The Balaban J connectivity index is 1.56. The second-order valence-electron chi connectivity index (χ2n) is 5.98. The molecule has 1 saturated carbocycles. The molecule has 1 saturated heterocycles. The number of nitrogens with one attached hydrogen (secondary N) is 1. The molecule has 0 amide bonds. The van der Waals surface area contributed by atoms with Crippen LogP contribution < -0.4 is 11.1 Å². The number of benzene rings is 1. The van der Waals surface area contributed by atoms with Crippen LogP contribution in [0.15, 0.2) is 29.3 Å². The van der Waals surface area contributed by atoms with Gasteiger partial charge in [-0.05, 0) is 37.3 Å². The van der Waals surface area contributed by atoms with Gasteiger partial charge in [-0.1, -0.05) is 29.8 Å². The second kappa shape index (κ2) is 6.24. The third-order valence-corrected chi connectivity index (χ3v) is 4.72. The summed E-state index contributed by atoms with van der Waals surface area (Å²) in [6.07, 6.45) is 4.76. The Morgan fingerprint density at radius 1 is 1.43 bits per heavy atom. The molecule has 3 rings (SSSR count). The van der Waals surface area contributed by atoms with Gasteiger partial charge in [-0.25, -0.2) is 0 Å². The summed E-state index contributed by atoms with van der Waals surface area (Å²) in [7, 11) is 0. The summed E-state index contributed by atoms with van der Waals surface area (Å²) in [6, 6.07) is 8.04. The molecule has 21 heavy (non-hydrogen) atoms. The maximum atomic E-state index is 6.30. The van der Waals surface area contributed by atoms with E-state index in [1.807, 2.05) is 18.2 Å². The average Bonchev–Trinajstić information content (AvgIpc) is 3.09. The van der Waals surface area contributed by atoms with Crippen molar-refractivity contribution < 1.29 is 4.74 Å². The lowest BCUT2D eigenvalue weighted by Crippen LogP contribution is -2.37. The van der Waals surface area contributed by atoms with Gasteiger partial charge < -0.3 is 15.8 Å². The molecule has 3 N–H and O–H groups in total. The van der Waals surface area contributed by atoms with E-state index in [0.29, 0.717) is 12.5 Å². The minimum Gasteiger partial charge on any atom is -0.376 e. The first-order valence-electron chi connectivity index (χ1n) is 7.60. The number of hydrogen-bond donors (Lipinski definition) is 2. The van der Waals surface area contributed by atoms with Gasteiger partial charge in [0.2, 0.25) is 0 Å². The van der Waals surface area contributed by atoms with Gasteiger partial charge in [-0.3, -0.25) is 4.99 Å². The van der Waals surface area contributed by atoms with Gasteiger partial charge in [-0.2, -0.15) is 0 Å². The number of aliphatic imine (C=N–C) groups is 1. The van der Waals surface area contributed by atoms with Crippen LogP contribution in [0.5, 0.6) is 0 Å². The lowest BCUT2D eigenvalue weighted by molar-refractivity contribution is 0.114. The molecule has 114 valence electrons.